The smallest absolute Gasteiger partial charge is 0.333 e. The van der Waals surface area contributed by atoms with Crippen LogP contribution in [0.15, 0.2) is 115 Å². The summed E-state index contributed by atoms with van der Waals surface area (Å²) >= 11 is 0. The fourth-order valence-corrected chi connectivity index (χ4v) is 12.0. The molecule has 0 saturated carbocycles. The van der Waals surface area contributed by atoms with Gasteiger partial charge in [0.05, 0.1) is 16.7 Å². The van der Waals surface area contributed by atoms with E-state index in [-0.39, 0.29) is 28.5 Å². The monoisotopic (exact) mass is 814 g/mol. The van der Waals surface area contributed by atoms with Gasteiger partial charge in [0, 0.05) is 48.9 Å². The van der Waals surface area contributed by atoms with Gasteiger partial charge in [-0.05, 0) is 129 Å². The first kappa shape index (κ1) is 37.5. The summed E-state index contributed by atoms with van der Waals surface area (Å²) in [4.78, 5) is 0. The molecule has 2 aliphatic heterocycles. The van der Waals surface area contributed by atoms with E-state index in [1.165, 1.54) is 137 Å². The lowest BCUT2D eigenvalue weighted by molar-refractivity contribution is 0.572. The van der Waals surface area contributed by atoms with Crippen LogP contribution in [0.1, 0.15) is 105 Å². The van der Waals surface area contributed by atoms with Gasteiger partial charge >= 0.3 is 6.85 Å². The van der Waals surface area contributed by atoms with E-state index >= 15 is 0 Å². The number of aromatic nitrogens is 2. The average molecular weight is 815 g/mol. The van der Waals surface area contributed by atoms with E-state index in [1.54, 1.807) is 0 Å². The van der Waals surface area contributed by atoms with Crippen LogP contribution >= 0.6 is 0 Å². The number of benzene rings is 9. The third kappa shape index (κ3) is 4.76. The Labute approximate surface area is 370 Å². The van der Waals surface area contributed by atoms with Crippen molar-refractivity contribution >= 4 is 104 Å². The summed E-state index contributed by atoms with van der Waals surface area (Å²) in [5.74, 6) is 0. The largest absolute Gasteiger partial charge is 0.375 e. The Morgan fingerprint density at radius 3 is 1.60 bits per heavy atom. The van der Waals surface area contributed by atoms with Crippen molar-refractivity contribution in [2.45, 2.75) is 105 Å². The molecule has 63 heavy (non-hydrogen) atoms. The van der Waals surface area contributed by atoms with Gasteiger partial charge in [-0.15, -0.1) is 0 Å². The molecule has 9 aromatic carbocycles. The summed E-state index contributed by atoms with van der Waals surface area (Å²) in [5, 5.41) is 16.1. The number of hydrogen-bond acceptors (Lipinski definition) is 0. The zero-order chi connectivity index (χ0) is 43.6. The molecule has 0 N–H and O–H groups in total. The number of hydrogen-bond donors (Lipinski definition) is 0. The van der Waals surface area contributed by atoms with Crippen molar-refractivity contribution in [2.24, 2.45) is 0 Å². The molecule has 0 amide bonds. The van der Waals surface area contributed by atoms with Gasteiger partial charge in [-0.1, -0.05) is 162 Å². The van der Waals surface area contributed by atoms with Crippen molar-refractivity contribution < 1.29 is 0 Å². The van der Waals surface area contributed by atoms with Gasteiger partial charge in [-0.3, -0.25) is 0 Å². The van der Waals surface area contributed by atoms with E-state index in [4.69, 9.17) is 0 Å². The summed E-state index contributed by atoms with van der Waals surface area (Å²) < 4.78 is 5.59. The van der Waals surface area contributed by atoms with Crippen LogP contribution in [0, 0.1) is 0 Å². The lowest BCUT2D eigenvalue weighted by atomic mass is 9.44. The molecule has 11 aromatic rings. The first-order valence-corrected chi connectivity index (χ1v) is 23.2. The van der Waals surface area contributed by atoms with E-state index in [0.717, 1.165) is 0 Å². The van der Waals surface area contributed by atoms with Gasteiger partial charge in [0.2, 0.25) is 0 Å². The third-order valence-corrected chi connectivity index (χ3v) is 15.3. The van der Waals surface area contributed by atoms with Gasteiger partial charge in [-0.25, -0.2) is 0 Å². The molecular formula is C60H55BN2. The standard InChI is InChI=1S/C60H55BN2/c1-57(2,3)36-26-42-41-24-34-16-13-14-17-35(34)25-48(41)63-53(42)45(29-36)51-39-22-20-32-18-15-19-33-21-23-40(50(39)49(32)33)56-52(51)61(63)47-31-38(59(7,8)9)28-44-43-27-37(58(4,5)6)30-46(60(10,11)12)54(43)62(56)55(44)47/h13-31H,1-12H3. The molecule has 4 heterocycles. The van der Waals surface area contributed by atoms with E-state index < -0.39 is 0 Å². The van der Waals surface area contributed by atoms with Crippen molar-refractivity contribution in [1.82, 2.24) is 9.05 Å². The second-order valence-corrected chi connectivity index (χ2v) is 23.4. The van der Waals surface area contributed by atoms with Gasteiger partial charge in [0.15, 0.2) is 0 Å². The van der Waals surface area contributed by atoms with E-state index in [9.17, 15) is 0 Å². The summed E-state index contributed by atoms with van der Waals surface area (Å²) in [6.45, 7) is 28.7. The molecule has 0 spiro atoms. The third-order valence-electron chi connectivity index (χ3n) is 15.3. The Bertz CT molecular complexity index is 3860. The molecule has 2 aliphatic rings. The minimum absolute atomic E-state index is 0.0190. The van der Waals surface area contributed by atoms with Crippen LogP contribution < -0.4 is 10.9 Å². The van der Waals surface area contributed by atoms with Crippen molar-refractivity contribution in [1.29, 1.82) is 0 Å². The predicted molar refractivity (Wildman–Crippen MR) is 276 cm³/mol. The summed E-state index contributed by atoms with van der Waals surface area (Å²) in [7, 11) is 0. The van der Waals surface area contributed by atoms with Gasteiger partial charge < -0.3 is 9.05 Å². The minimum Gasteiger partial charge on any atom is -0.375 e. The van der Waals surface area contributed by atoms with Crippen molar-refractivity contribution in [3.8, 4) is 16.8 Å². The summed E-state index contributed by atoms with van der Waals surface area (Å²) in [6, 6.07) is 46.0. The molecule has 0 radical (unpaired) electrons. The molecular weight excluding hydrogens is 759 g/mol. The average Bonchev–Trinajstić information content (AvgIpc) is 3.73. The number of rotatable bonds is 0. The van der Waals surface area contributed by atoms with E-state index in [1.807, 2.05) is 0 Å². The Kier molecular flexibility index (Phi) is 6.87. The molecule has 0 bridgehead atoms. The fraction of sp³-hybridized carbons (Fsp3) is 0.267. The maximum Gasteiger partial charge on any atom is 0.333 e. The highest BCUT2D eigenvalue weighted by molar-refractivity contribution is 6.90. The van der Waals surface area contributed by atoms with Crippen LogP contribution in [0.3, 0.4) is 0 Å². The van der Waals surface area contributed by atoms with Crippen LogP contribution in [-0.4, -0.2) is 15.9 Å². The first-order chi connectivity index (χ1) is 29.8. The first-order valence-electron chi connectivity index (χ1n) is 23.2. The number of nitrogens with zero attached hydrogens (tertiary/aromatic N) is 2. The Hall–Kier alpha value is -6.06. The topological polar surface area (TPSA) is 9.86 Å². The minimum atomic E-state index is -0.112. The molecule has 2 nitrogen and oxygen atoms in total. The maximum atomic E-state index is 2.80. The molecule has 3 heteroatoms. The zero-order valence-corrected chi connectivity index (χ0v) is 38.9. The van der Waals surface area contributed by atoms with Crippen LogP contribution in [0.4, 0.5) is 0 Å². The van der Waals surface area contributed by atoms with Crippen molar-refractivity contribution in [2.75, 3.05) is 0 Å². The lowest BCUT2D eigenvalue weighted by Gasteiger charge is -2.37. The van der Waals surface area contributed by atoms with E-state index in [0.29, 0.717) is 0 Å². The molecule has 0 unspecified atom stereocenters. The van der Waals surface area contributed by atoms with Crippen LogP contribution in [0.2, 0.25) is 0 Å². The van der Waals surface area contributed by atoms with Gasteiger partial charge in [0.25, 0.3) is 0 Å². The second-order valence-electron chi connectivity index (χ2n) is 23.4. The predicted octanol–water partition coefficient (Wildman–Crippen LogP) is 15.1. The molecule has 2 aromatic heterocycles. The molecule has 308 valence electrons. The quantitative estimate of drug-likeness (QED) is 0.107. The maximum absolute atomic E-state index is 2.80. The molecule has 0 atom stereocenters. The van der Waals surface area contributed by atoms with Crippen molar-refractivity contribution in [3.05, 3.63) is 138 Å². The summed E-state index contributed by atoms with van der Waals surface area (Å²) in [6.07, 6.45) is 0. The Balaban J connectivity index is 1.37. The van der Waals surface area contributed by atoms with Crippen LogP contribution in [0.25, 0.3) is 104 Å². The van der Waals surface area contributed by atoms with Crippen LogP contribution in [0.5, 0.6) is 0 Å². The zero-order valence-electron chi connectivity index (χ0n) is 38.9. The van der Waals surface area contributed by atoms with Gasteiger partial charge in [-0.2, -0.15) is 0 Å². The van der Waals surface area contributed by atoms with Crippen molar-refractivity contribution in [3.63, 3.8) is 0 Å². The van der Waals surface area contributed by atoms with E-state index in [2.05, 4.69) is 207 Å². The van der Waals surface area contributed by atoms with Gasteiger partial charge in [0.1, 0.15) is 0 Å². The normalized spacial score (nSPS) is 14.3. The van der Waals surface area contributed by atoms with Crippen LogP contribution in [-0.2, 0) is 21.7 Å². The molecule has 0 aliphatic carbocycles. The SMILES string of the molecule is CC(C)(C)c1cc2c3c(c1)c1cc4ccccc4cc1n3B1c3c-2c2ccc4cccc5ccc(c3-n3c6c1cc(C(C)(C)C)cc6c1cc(C(C)(C)C)cc(C(C)(C)C)c13)c2c45. The Morgan fingerprint density at radius 2 is 0.968 bits per heavy atom. The fourth-order valence-electron chi connectivity index (χ4n) is 12.0. The Morgan fingerprint density at radius 1 is 0.413 bits per heavy atom. The molecule has 0 saturated heterocycles. The highest BCUT2D eigenvalue weighted by Crippen LogP contribution is 2.52. The highest BCUT2D eigenvalue weighted by Gasteiger charge is 2.45. The number of fused-ring (bicyclic) bond motifs is 13. The lowest BCUT2D eigenvalue weighted by Crippen LogP contribution is -2.55. The summed E-state index contributed by atoms with van der Waals surface area (Å²) in [5.41, 5.74) is 17.7. The molecule has 13 rings (SSSR count). The highest BCUT2D eigenvalue weighted by atomic mass is 15.0. The second kappa shape index (κ2) is 11.5. The molecule has 0 fully saturated rings.